The van der Waals surface area contributed by atoms with E-state index in [9.17, 15) is 5.26 Å². The summed E-state index contributed by atoms with van der Waals surface area (Å²) in [6, 6.07) is 24.5. The molecule has 3 aromatic rings. The molecule has 0 saturated carbocycles. The van der Waals surface area contributed by atoms with Gasteiger partial charge in [0.05, 0.1) is 12.1 Å². The number of ether oxygens (including phenoxy) is 4. The SMILES string of the molecule is CCCCN1C(c2ccccc2)=NC(C#N)C1CN(Cc1ccc2c(c1)OCCO2)Cc1ccc2c(c1)OCCO2. The minimum Gasteiger partial charge on any atom is -0.486 e. The fraction of sp³-hybridized carbons (Fsp3) is 0.394. The lowest BCUT2D eigenvalue weighted by Crippen LogP contribution is -2.47. The quantitative estimate of drug-likeness (QED) is 0.348. The van der Waals surface area contributed by atoms with Gasteiger partial charge in [-0.25, -0.2) is 4.99 Å². The van der Waals surface area contributed by atoms with Crippen molar-refractivity contribution in [3.63, 3.8) is 0 Å². The molecule has 41 heavy (non-hydrogen) atoms. The van der Waals surface area contributed by atoms with Gasteiger partial charge < -0.3 is 23.8 Å². The Balaban J connectivity index is 1.30. The van der Waals surface area contributed by atoms with Crippen LogP contribution in [0.2, 0.25) is 0 Å². The van der Waals surface area contributed by atoms with Gasteiger partial charge in [0, 0.05) is 31.7 Å². The third kappa shape index (κ3) is 6.10. The summed E-state index contributed by atoms with van der Waals surface area (Å²) in [5.41, 5.74) is 3.31. The summed E-state index contributed by atoms with van der Waals surface area (Å²) in [6.07, 6.45) is 2.10. The van der Waals surface area contributed by atoms with Crippen molar-refractivity contribution >= 4 is 5.84 Å². The number of aliphatic imine (C=N–C) groups is 1. The fourth-order valence-corrected chi connectivity index (χ4v) is 5.70. The molecule has 0 radical (unpaired) electrons. The molecule has 2 unspecified atom stereocenters. The maximum atomic E-state index is 10.2. The number of unbranched alkanes of at least 4 members (excludes halogenated alkanes) is 1. The van der Waals surface area contributed by atoms with Crippen LogP contribution in [0.15, 0.2) is 71.7 Å². The Labute approximate surface area is 241 Å². The van der Waals surface area contributed by atoms with Crippen molar-refractivity contribution in [2.45, 2.75) is 44.9 Å². The standard InChI is InChI=1S/C33H36N4O4/c1-2-3-13-37-28(27(20-34)35-33(37)26-7-5-4-6-8-26)23-36(21-24-9-11-29-31(18-24)40-16-14-38-29)22-25-10-12-30-32(19-25)41-17-15-39-30/h4-12,18-19,27-28H,2-3,13-17,21-23H2,1H3. The van der Waals surface area contributed by atoms with Gasteiger partial charge in [-0.15, -0.1) is 0 Å². The van der Waals surface area contributed by atoms with E-state index in [-0.39, 0.29) is 6.04 Å². The minimum atomic E-state index is -0.454. The van der Waals surface area contributed by atoms with Gasteiger partial charge in [0.25, 0.3) is 0 Å². The number of hydrogen-bond donors (Lipinski definition) is 0. The maximum Gasteiger partial charge on any atom is 0.161 e. The van der Waals surface area contributed by atoms with E-state index in [2.05, 4.69) is 59.2 Å². The third-order valence-electron chi connectivity index (χ3n) is 7.69. The first-order chi connectivity index (χ1) is 20.2. The molecule has 3 aliphatic rings. The summed E-state index contributed by atoms with van der Waals surface area (Å²) < 4.78 is 23.3. The number of hydrogen-bond acceptors (Lipinski definition) is 8. The lowest BCUT2D eigenvalue weighted by molar-refractivity contribution is 0.167. The summed E-state index contributed by atoms with van der Waals surface area (Å²) in [5, 5.41) is 10.2. The molecule has 0 fully saturated rings. The van der Waals surface area contributed by atoms with E-state index in [0.717, 1.165) is 64.9 Å². The normalized spacial score (nSPS) is 19.1. The van der Waals surface area contributed by atoms with Crippen molar-refractivity contribution in [1.29, 1.82) is 5.26 Å². The zero-order chi connectivity index (χ0) is 28.0. The van der Waals surface area contributed by atoms with Gasteiger partial charge in [-0.3, -0.25) is 4.90 Å². The lowest BCUT2D eigenvalue weighted by atomic mass is 10.1. The van der Waals surface area contributed by atoms with E-state index < -0.39 is 6.04 Å². The Morgan fingerprint density at radius 3 is 1.98 bits per heavy atom. The van der Waals surface area contributed by atoms with E-state index in [1.165, 1.54) is 0 Å². The van der Waals surface area contributed by atoms with Crippen molar-refractivity contribution in [2.24, 2.45) is 4.99 Å². The first-order valence-corrected chi connectivity index (χ1v) is 14.5. The van der Waals surface area contributed by atoms with Gasteiger partial charge in [-0.05, 0) is 41.8 Å². The van der Waals surface area contributed by atoms with Gasteiger partial charge in [0.1, 0.15) is 32.3 Å². The second-order valence-corrected chi connectivity index (χ2v) is 10.6. The number of benzene rings is 3. The van der Waals surface area contributed by atoms with Crippen LogP contribution in [0.25, 0.3) is 0 Å². The molecular formula is C33H36N4O4. The van der Waals surface area contributed by atoms with Crippen LogP contribution in [-0.2, 0) is 13.1 Å². The first-order valence-electron chi connectivity index (χ1n) is 14.5. The van der Waals surface area contributed by atoms with Crippen LogP contribution >= 0.6 is 0 Å². The van der Waals surface area contributed by atoms with E-state index in [0.29, 0.717) is 46.1 Å². The number of rotatable bonds is 10. The van der Waals surface area contributed by atoms with Gasteiger partial charge in [-0.2, -0.15) is 5.26 Å². The summed E-state index contributed by atoms with van der Waals surface area (Å²) >= 11 is 0. The van der Waals surface area contributed by atoms with Crippen LogP contribution < -0.4 is 18.9 Å². The van der Waals surface area contributed by atoms with Gasteiger partial charge in [0.15, 0.2) is 29.0 Å². The molecule has 212 valence electrons. The van der Waals surface area contributed by atoms with Crippen molar-refractivity contribution in [3.8, 4) is 29.1 Å². The summed E-state index contributed by atoms with van der Waals surface area (Å²) in [6.45, 7) is 7.32. The predicted molar refractivity (Wildman–Crippen MR) is 157 cm³/mol. The topological polar surface area (TPSA) is 79.6 Å². The van der Waals surface area contributed by atoms with E-state index in [4.69, 9.17) is 23.9 Å². The second-order valence-electron chi connectivity index (χ2n) is 10.6. The van der Waals surface area contributed by atoms with E-state index >= 15 is 0 Å². The fourth-order valence-electron chi connectivity index (χ4n) is 5.70. The van der Waals surface area contributed by atoms with Crippen molar-refractivity contribution in [1.82, 2.24) is 9.80 Å². The lowest BCUT2D eigenvalue weighted by Gasteiger charge is -2.34. The third-order valence-corrected chi connectivity index (χ3v) is 7.69. The first kappa shape index (κ1) is 27.0. The molecule has 3 aliphatic heterocycles. The highest BCUT2D eigenvalue weighted by molar-refractivity contribution is 6.00. The van der Waals surface area contributed by atoms with Crippen molar-refractivity contribution in [3.05, 3.63) is 83.4 Å². The summed E-state index contributed by atoms with van der Waals surface area (Å²) in [4.78, 5) is 9.71. The smallest absolute Gasteiger partial charge is 0.161 e. The summed E-state index contributed by atoms with van der Waals surface area (Å²) in [7, 11) is 0. The Bertz CT molecular complexity index is 1360. The maximum absolute atomic E-state index is 10.2. The Kier molecular flexibility index (Phi) is 8.24. The van der Waals surface area contributed by atoms with E-state index in [1.54, 1.807) is 0 Å². The van der Waals surface area contributed by atoms with Crippen LogP contribution in [0, 0.1) is 11.3 Å². The highest BCUT2D eigenvalue weighted by Gasteiger charge is 2.37. The molecule has 0 spiro atoms. The minimum absolute atomic E-state index is 0.0730. The van der Waals surface area contributed by atoms with Crippen LogP contribution in [0.1, 0.15) is 36.5 Å². The molecule has 0 aliphatic carbocycles. The summed E-state index contributed by atoms with van der Waals surface area (Å²) in [5.74, 6) is 4.04. The Morgan fingerprint density at radius 2 is 1.41 bits per heavy atom. The molecule has 6 rings (SSSR count). The molecule has 3 aromatic carbocycles. The molecular weight excluding hydrogens is 516 g/mol. The largest absolute Gasteiger partial charge is 0.486 e. The highest BCUT2D eigenvalue weighted by atomic mass is 16.6. The molecule has 0 saturated heterocycles. The van der Waals surface area contributed by atoms with Gasteiger partial charge >= 0.3 is 0 Å². The molecule has 3 heterocycles. The van der Waals surface area contributed by atoms with Crippen LogP contribution in [0.5, 0.6) is 23.0 Å². The molecule has 0 amide bonds. The van der Waals surface area contributed by atoms with Gasteiger partial charge in [-0.1, -0.05) is 55.8 Å². The zero-order valence-corrected chi connectivity index (χ0v) is 23.5. The molecule has 0 bridgehead atoms. The molecule has 8 heteroatoms. The van der Waals surface area contributed by atoms with Crippen molar-refractivity contribution < 1.29 is 18.9 Å². The monoisotopic (exact) mass is 552 g/mol. The molecule has 0 aromatic heterocycles. The zero-order valence-electron chi connectivity index (χ0n) is 23.5. The number of amidine groups is 1. The van der Waals surface area contributed by atoms with Gasteiger partial charge in [0.2, 0.25) is 0 Å². The average molecular weight is 553 g/mol. The second kappa shape index (κ2) is 12.5. The predicted octanol–water partition coefficient (Wildman–Crippen LogP) is 5.05. The van der Waals surface area contributed by atoms with Crippen LogP contribution in [0.4, 0.5) is 0 Å². The van der Waals surface area contributed by atoms with E-state index in [1.807, 2.05) is 30.3 Å². The Morgan fingerprint density at radius 1 is 0.829 bits per heavy atom. The number of nitriles is 1. The molecule has 2 atom stereocenters. The molecule has 0 N–H and O–H groups in total. The Hall–Kier alpha value is -4.22. The van der Waals surface area contributed by atoms with Crippen LogP contribution in [0.3, 0.4) is 0 Å². The number of nitrogens with zero attached hydrogens (tertiary/aromatic N) is 4. The number of fused-ring (bicyclic) bond motifs is 2. The molecule has 8 nitrogen and oxygen atoms in total. The van der Waals surface area contributed by atoms with Crippen LogP contribution in [-0.4, -0.2) is 67.2 Å². The average Bonchev–Trinajstić information content (AvgIpc) is 3.37. The highest BCUT2D eigenvalue weighted by Crippen LogP contribution is 2.34. The van der Waals surface area contributed by atoms with Crippen molar-refractivity contribution in [2.75, 3.05) is 39.5 Å².